The van der Waals surface area contributed by atoms with E-state index in [1.807, 2.05) is 18.2 Å². The average molecular weight is 472 g/mol. The molecule has 1 aliphatic heterocycles. The van der Waals surface area contributed by atoms with Crippen LogP contribution in [0.4, 0.5) is 4.39 Å². The molecule has 1 saturated heterocycles. The van der Waals surface area contributed by atoms with Crippen LogP contribution in [0, 0.1) is 5.82 Å². The lowest BCUT2D eigenvalue weighted by molar-refractivity contribution is 0.0645. The number of halogens is 2. The Hall–Kier alpha value is -2.74. The minimum atomic E-state index is -0.440. The highest BCUT2D eigenvalue weighted by Crippen LogP contribution is 2.29. The van der Waals surface area contributed by atoms with Crippen LogP contribution in [-0.2, 0) is 6.61 Å². The van der Waals surface area contributed by atoms with Gasteiger partial charge < -0.3 is 9.64 Å². The Morgan fingerprint density at radius 3 is 2.62 bits per heavy atom. The van der Waals surface area contributed by atoms with Gasteiger partial charge >= 0.3 is 0 Å². The van der Waals surface area contributed by atoms with Gasteiger partial charge in [-0.3, -0.25) is 9.69 Å². The number of hydrogen-bond acceptors (Lipinski definition) is 5. The predicted octanol–water partition coefficient (Wildman–Crippen LogP) is 5.13. The third-order valence-electron chi connectivity index (χ3n) is 5.26. The molecule has 1 aliphatic rings. The van der Waals surface area contributed by atoms with Crippen molar-refractivity contribution in [1.29, 1.82) is 0 Å². The first-order valence-corrected chi connectivity index (χ1v) is 11.5. The number of thiazole rings is 1. The Labute approximate surface area is 195 Å². The van der Waals surface area contributed by atoms with Gasteiger partial charge in [0.05, 0.1) is 0 Å². The van der Waals surface area contributed by atoms with E-state index in [1.165, 1.54) is 17.4 Å². The molecule has 2 aromatic carbocycles. The van der Waals surface area contributed by atoms with Gasteiger partial charge in [-0.2, -0.15) is 0 Å². The molecule has 0 N–H and O–H groups in total. The van der Waals surface area contributed by atoms with Gasteiger partial charge in [-0.05, 0) is 29.8 Å². The van der Waals surface area contributed by atoms with Gasteiger partial charge in [0.2, 0.25) is 0 Å². The molecule has 0 spiro atoms. The highest BCUT2D eigenvalue weighted by molar-refractivity contribution is 7.13. The van der Waals surface area contributed by atoms with E-state index in [9.17, 15) is 9.18 Å². The van der Waals surface area contributed by atoms with Gasteiger partial charge in [0.15, 0.2) is 0 Å². The summed E-state index contributed by atoms with van der Waals surface area (Å²) in [6, 6.07) is 12.0. The Kier molecular flexibility index (Phi) is 7.19. The van der Waals surface area contributed by atoms with Crippen molar-refractivity contribution in [2.24, 2.45) is 0 Å². The van der Waals surface area contributed by atoms with Crippen LogP contribution in [-0.4, -0.2) is 53.4 Å². The Morgan fingerprint density at radius 2 is 1.94 bits per heavy atom. The molecule has 0 bridgehead atoms. The minimum absolute atomic E-state index is 0.117. The first-order valence-electron chi connectivity index (χ1n) is 10.3. The first-order chi connectivity index (χ1) is 15.5. The van der Waals surface area contributed by atoms with Crippen molar-refractivity contribution in [2.45, 2.75) is 6.61 Å². The fraction of sp³-hybridized carbons (Fsp3) is 0.250. The van der Waals surface area contributed by atoms with E-state index in [0.717, 1.165) is 25.2 Å². The third-order valence-corrected chi connectivity index (χ3v) is 6.39. The number of aromatic nitrogens is 1. The maximum absolute atomic E-state index is 14.8. The van der Waals surface area contributed by atoms with Crippen molar-refractivity contribution >= 4 is 28.8 Å². The molecule has 0 saturated carbocycles. The second-order valence-corrected chi connectivity index (χ2v) is 8.77. The van der Waals surface area contributed by atoms with Gasteiger partial charge in [0.1, 0.15) is 28.9 Å². The molecule has 166 valence electrons. The van der Waals surface area contributed by atoms with Gasteiger partial charge in [-0.15, -0.1) is 17.9 Å². The molecule has 1 aromatic heterocycles. The number of ether oxygens (including phenoxy) is 1. The monoisotopic (exact) mass is 471 g/mol. The van der Waals surface area contributed by atoms with Crippen molar-refractivity contribution in [1.82, 2.24) is 14.8 Å². The van der Waals surface area contributed by atoms with Crippen LogP contribution < -0.4 is 4.74 Å². The van der Waals surface area contributed by atoms with Crippen molar-refractivity contribution < 1.29 is 13.9 Å². The third kappa shape index (κ3) is 5.35. The number of nitrogens with zero attached hydrogens (tertiary/aromatic N) is 3. The maximum atomic E-state index is 14.8. The number of hydrogen-bond donors (Lipinski definition) is 0. The van der Waals surface area contributed by atoms with Crippen LogP contribution in [0.5, 0.6) is 5.75 Å². The number of carbonyl (C=O) groups excluding carboxylic acids is 1. The zero-order chi connectivity index (χ0) is 22.5. The topological polar surface area (TPSA) is 45.7 Å². The fourth-order valence-electron chi connectivity index (χ4n) is 3.48. The summed E-state index contributed by atoms with van der Waals surface area (Å²) in [5, 5.41) is 2.82. The number of benzene rings is 2. The van der Waals surface area contributed by atoms with Crippen LogP contribution in [0.1, 0.15) is 16.1 Å². The summed E-state index contributed by atoms with van der Waals surface area (Å²) < 4.78 is 20.4. The second kappa shape index (κ2) is 10.3. The molecule has 0 unspecified atom stereocenters. The summed E-state index contributed by atoms with van der Waals surface area (Å²) in [6.45, 7) is 7.79. The van der Waals surface area contributed by atoms with Crippen LogP contribution in [0.25, 0.3) is 10.6 Å². The standard InChI is InChI=1S/C24H23ClFN3O2S/c1-2-9-28-10-12-29(13-11-28)24(30)22-16-32-23(27-22)20-8-7-19(14-21(20)26)31-15-17-3-5-18(25)6-4-17/h2-8,14,16H,1,9-13,15H2. The van der Waals surface area contributed by atoms with Gasteiger partial charge in [0.25, 0.3) is 5.91 Å². The van der Waals surface area contributed by atoms with E-state index in [1.54, 1.807) is 34.5 Å². The average Bonchev–Trinajstić information content (AvgIpc) is 3.29. The molecule has 1 amide bonds. The van der Waals surface area contributed by atoms with Gasteiger partial charge in [-0.25, -0.2) is 9.37 Å². The number of rotatable bonds is 7. The molecular weight excluding hydrogens is 449 g/mol. The molecule has 8 heteroatoms. The summed E-state index contributed by atoms with van der Waals surface area (Å²) >= 11 is 7.14. The summed E-state index contributed by atoms with van der Waals surface area (Å²) in [4.78, 5) is 21.2. The van der Waals surface area contributed by atoms with E-state index < -0.39 is 5.82 Å². The molecule has 3 aromatic rings. The van der Waals surface area contributed by atoms with Crippen LogP contribution in [0.3, 0.4) is 0 Å². The molecule has 2 heterocycles. The van der Waals surface area contributed by atoms with Crippen molar-refractivity contribution in [2.75, 3.05) is 32.7 Å². The van der Waals surface area contributed by atoms with E-state index in [4.69, 9.17) is 16.3 Å². The smallest absolute Gasteiger partial charge is 0.273 e. The second-order valence-electron chi connectivity index (χ2n) is 7.48. The predicted molar refractivity (Wildman–Crippen MR) is 126 cm³/mol. The van der Waals surface area contributed by atoms with Crippen molar-refractivity contribution in [3.05, 3.63) is 82.6 Å². The molecule has 1 fully saturated rings. The lowest BCUT2D eigenvalue weighted by atomic mass is 10.2. The molecule has 0 radical (unpaired) electrons. The normalized spacial score (nSPS) is 14.4. The van der Waals surface area contributed by atoms with Crippen molar-refractivity contribution in [3.63, 3.8) is 0 Å². The number of piperazine rings is 1. The zero-order valence-electron chi connectivity index (χ0n) is 17.5. The number of amides is 1. The van der Waals surface area contributed by atoms with Crippen LogP contribution in [0.2, 0.25) is 5.02 Å². The van der Waals surface area contributed by atoms with Crippen molar-refractivity contribution in [3.8, 4) is 16.3 Å². The van der Waals surface area contributed by atoms with E-state index in [-0.39, 0.29) is 5.91 Å². The van der Waals surface area contributed by atoms with Crippen LogP contribution in [0.15, 0.2) is 60.5 Å². The van der Waals surface area contributed by atoms with E-state index >= 15 is 0 Å². The van der Waals surface area contributed by atoms with E-state index in [2.05, 4.69) is 16.5 Å². The Bertz CT molecular complexity index is 1090. The summed E-state index contributed by atoms with van der Waals surface area (Å²) in [7, 11) is 0. The zero-order valence-corrected chi connectivity index (χ0v) is 19.0. The highest BCUT2D eigenvalue weighted by Gasteiger charge is 2.24. The quantitative estimate of drug-likeness (QED) is 0.448. The molecule has 5 nitrogen and oxygen atoms in total. The molecular formula is C24H23ClFN3O2S. The summed E-state index contributed by atoms with van der Waals surface area (Å²) in [5.74, 6) is -0.134. The number of carbonyl (C=O) groups is 1. The highest BCUT2D eigenvalue weighted by atomic mass is 35.5. The first kappa shape index (κ1) is 22.5. The molecule has 4 rings (SSSR count). The largest absolute Gasteiger partial charge is 0.489 e. The Balaban J connectivity index is 1.39. The van der Waals surface area contributed by atoms with Crippen LogP contribution >= 0.6 is 22.9 Å². The molecule has 32 heavy (non-hydrogen) atoms. The summed E-state index contributed by atoms with van der Waals surface area (Å²) in [5.41, 5.74) is 1.64. The van der Waals surface area contributed by atoms with Gasteiger partial charge in [0, 0.05) is 54.8 Å². The lowest BCUT2D eigenvalue weighted by Gasteiger charge is -2.33. The molecule has 0 aliphatic carbocycles. The lowest BCUT2D eigenvalue weighted by Crippen LogP contribution is -2.48. The maximum Gasteiger partial charge on any atom is 0.273 e. The Morgan fingerprint density at radius 1 is 1.19 bits per heavy atom. The fourth-order valence-corrected chi connectivity index (χ4v) is 4.43. The minimum Gasteiger partial charge on any atom is -0.489 e. The van der Waals surface area contributed by atoms with Gasteiger partial charge in [-0.1, -0.05) is 29.8 Å². The summed E-state index contributed by atoms with van der Waals surface area (Å²) in [6.07, 6.45) is 1.87. The van der Waals surface area contributed by atoms with E-state index in [0.29, 0.717) is 46.7 Å². The molecule has 0 atom stereocenters. The SMILES string of the molecule is C=CCN1CCN(C(=O)c2csc(-c3ccc(OCc4ccc(Cl)cc4)cc3F)n2)CC1.